The lowest BCUT2D eigenvalue weighted by atomic mass is 10.1. The largest absolute Gasteiger partial charge is 0.288 e. The first-order valence-electron chi connectivity index (χ1n) is 4.99. The third-order valence-electron chi connectivity index (χ3n) is 2.10. The summed E-state index contributed by atoms with van der Waals surface area (Å²) in [5.41, 5.74) is 1.57. The van der Waals surface area contributed by atoms with E-state index in [2.05, 4.69) is 27.3 Å². The van der Waals surface area contributed by atoms with Crippen LogP contribution in [-0.4, -0.2) is 26.1 Å². The van der Waals surface area contributed by atoms with Crippen molar-refractivity contribution in [3.63, 3.8) is 0 Å². The molecular formula is C11H11N5O. The third kappa shape index (κ3) is 2.54. The van der Waals surface area contributed by atoms with Crippen molar-refractivity contribution in [1.82, 2.24) is 20.2 Å². The number of aromatic nitrogens is 4. The van der Waals surface area contributed by atoms with Gasteiger partial charge in [-0.1, -0.05) is 29.4 Å². The summed E-state index contributed by atoms with van der Waals surface area (Å²) in [6, 6.07) is 7.24. The van der Waals surface area contributed by atoms with Gasteiger partial charge in [0, 0.05) is 11.8 Å². The van der Waals surface area contributed by atoms with Crippen molar-refractivity contribution in [1.29, 1.82) is 0 Å². The van der Waals surface area contributed by atoms with Gasteiger partial charge in [-0.2, -0.15) is 0 Å². The number of hydrogen-bond acceptors (Lipinski definition) is 4. The van der Waals surface area contributed by atoms with Crippen LogP contribution in [-0.2, 0) is 0 Å². The van der Waals surface area contributed by atoms with Crippen molar-refractivity contribution in [2.75, 3.05) is 5.32 Å². The van der Waals surface area contributed by atoms with Crippen LogP contribution in [0, 0.1) is 6.92 Å². The average molecular weight is 229 g/mol. The fourth-order valence-electron chi connectivity index (χ4n) is 1.31. The Hall–Kier alpha value is -2.50. The molecule has 17 heavy (non-hydrogen) atoms. The van der Waals surface area contributed by atoms with E-state index in [1.807, 2.05) is 19.1 Å². The van der Waals surface area contributed by atoms with E-state index in [0.717, 1.165) is 5.56 Å². The molecule has 1 heterocycles. The third-order valence-corrected chi connectivity index (χ3v) is 2.10. The maximum atomic E-state index is 11.8. The molecule has 1 aromatic carbocycles. The van der Waals surface area contributed by atoms with Crippen LogP contribution in [0.4, 0.5) is 5.95 Å². The first-order valence-corrected chi connectivity index (χ1v) is 4.99. The second-order valence-electron chi connectivity index (χ2n) is 3.44. The van der Waals surface area contributed by atoms with Gasteiger partial charge in [-0.25, -0.2) is 0 Å². The van der Waals surface area contributed by atoms with Crippen LogP contribution in [0.1, 0.15) is 15.9 Å². The van der Waals surface area contributed by atoms with Gasteiger partial charge in [-0.05, 0) is 24.3 Å². The number of carbonyl (C=O) groups is 1. The lowest BCUT2D eigenvalue weighted by molar-refractivity contribution is 0.102. The van der Waals surface area contributed by atoms with Gasteiger partial charge in [-0.15, -0.1) is 9.90 Å². The Labute approximate surface area is 98.0 Å². The predicted molar refractivity (Wildman–Crippen MR) is 63.3 cm³/mol. The van der Waals surface area contributed by atoms with Crippen LogP contribution in [0.15, 0.2) is 30.8 Å². The molecule has 0 aliphatic rings. The standard InChI is InChI=1S/C11H11N5O/c1-3-16-14-11(13-15-16)12-10(17)9-6-4-5-8(2)7-9/h3-7H,1H2,2H3,(H,12,14,17). The number of amides is 1. The molecule has 0 fully saturated rings. The minimum Gasteiger partial charge on any atom is -0.288 e. The Kier molecular flexibility index (Phi) is 2.95. The highest BCUT2D eigenvalue weighted by Crippen LogP contribution is 2.06. The molecule has 0 radical (unpaired) electrons. The molecule has 1 N–H and O–H groups in total. The van der Waals surface area contributed by atoms with Gasteiger partial charge in [0.05, 0.1) is 0 Å². The summed E-state index contributed by atoms with van der Waals surface area (Å²) in [5.74, 6) is -0.117. The highest BCUT2D eigenvalue weighted by atomic mass is 16.1. The topological polar surface area (TPSA) is 72.7 Å². The van der Waals surface area contributed by atoms with Crippen molar-refractivity contribution in [3.8, 4) is 0 Å². The summed E-state index contributed by atoms with van der Waals surface area (Å²) in [5, 5.41) is 13.7. The molecule has 0 saturated heterocycles. The number of nitrogens with one attached hydrogen (secondary N) is 1. The Morgan fingerprint density at radius 2 is 2.35 bits per heavy atom. The van der Waals surface area contributed by atoms with Crippen molar-refractivity contribution < 1.29 is 4.79 Å². The molecule has 0 atom stereocenters. The Morgan fingerprint density at radius 1 is 1.53 bits per heavy atom. The Bertz CT molecular complexity index is 560. The molecule has 1 amide bonds. The second-order valence-corrected chi connectivity index (χ2v) is 3.44. The SMILES string of the molecule is C=Cn1nnc(NC(=O)c2cccc(C)c2)n1. The molecular weight excluding hydrogens is 218 g/mol. The number of anilines is 1. The molecule has 2 rings (SSSR count). The number of aryl methyl sites for hydroxylation is 1. The fraction of sp³-hybridized carbons (Fsp3) is 0.0909. The summed E-state index contributed by atoms with van der Waals surface area (Å²) in [7, 11) is 0. The van der Waals surface area contributed by atoms with Gasteiger partial charge in [0.25, 0.3) is 11.9 Å². The first-order chi connectivity index (χ1) is 8.19. The van der Waals surface area contributed by atoms with Crippen LogP contribution in [0.5, 0.6) is 0 Å². The fourth-order valence-corrected chi connectivity index (χ4v) is 1.31. The minimum atomic E-state index is -0.266. The monoisotopic (exact) mass is 229 g/mol. The number of hydrogen-bond donors (Lipinski definition) is 1. The number of benzene rings is 1. The van der Waals surface area contributed by atoms with Gasteiger partial charge in [0.15, 0.2) is 0 Å². The second kappa shape index (κ2) is 4.56. The van der Waals surface area contributed by atoms with Crippen molar-refractivity contribution in [2.45, 2.75) is 6.92 Å². The normalized spacial score (nSPS) is 9.94. The van der Waals surface area contributed by atoms with Crippen LogP contribution in [0.3, 0.4) is 0 Å². The molecule has 86 valence electrons. The maximum absolute atomic E-state index is 11.8. The van der Waals surface area contributed by atoms with Gasteiger partial charge in [0.1, 0.15) is 0 Å². The molecule has 1 aromatic heterocycles. The van der Waals surface area contributed by atoms with Crippen LogP contribution in [0.2, 0.25) is 0 Å². The van der Waals surface area contributed by atoms with E-state index in [4.69, 9.17) is 0 Å². The lowest BCUT2D eigenvalue weighted by Crippen LogP contribution is -2.13. The maximum Gasteiger partial charge on any atom is 0.270 e. The lowest BCUT2D eigenvalue weighted by Gasteiger charge is -2.01. The number of rotatable bonds is 3. The molecule has 0 spiro atoms. The van der Waals surface area contributed by atoms with Gasteiger partial charge < -0.3 is 0 Å². The van der Waals surface area contributed by atoms with Crippen molar-refractivity contribution >= 4 is 18.1 Å². The molecule has 0 bridgehead atoms. The van der Waals surface area contributed by atoms with Crippen molar-refractivity contribution in [2.24, 2.45) is 0 Å². The van der Waals surface area contributed by atoms with Gasteiger partial charge >= 0.3 is 0 Å². The molecule has 0 aliphatic heterocycles. The van der Waals surface area contributed by atoms with E-state index in [0.29, 0.717) is 5.56 Å². The summed E-state index contributed by atoms with van der Waals surface area (Å²) in [6.45, 7) is 5.40. The van der Waals surface area contributed by atoms with Crippen molar-refractivity contribution in [3.05, 3.63) is 42.0 Å². The summed E-state index contributed by atoms with van der Waals surface area (Å²) in [6.07, 6.45) is 1.38. The van der Waals surface area contributed by atoms with E-state index in [1.165, 1.54) is 11.0 Å². The predicted octanol–water partition coefficient (Wildman–Crippen LogP) is 1.33. The van der Waals surface area contributed by atoms with E-state index in [-0.39, 0.29) is 11.9 Å². The zero-order valence-electron chi connectivity index (χ0n) is 9.29. The summed E-state index contributed by atoms with van der Waals surface area (Å²) >= 11 is 0. The molecule has 0 aliphatic carbocycles. The number of tetrazole rings is 1. The zero-order valence-corrected chi connectivity index (χ0v) is 9.29. The van der Waals surface area contributed by atoms with E-state index < -0.39 is 0 Å². The van der Waals surface area contributed by atoms with Crippen LogP contribution >= 0.6 is 0 Å². The van der Waals surface area contributed by atoms with E-state index in [9.17, 15) is 4.79 Å². The Balaban J connectivity index is 2.14. The highest BCUT2D eigenvalue weighted by Gasteiger charge is 2.09. The minimum absolute atomic E-state index is 0.149. The number of carbonyl (C=O) groups excluding carboxylic acids is 1. The van der Waals surface area contributed by atoms with Gasteiger partial charge in [0.2, 0.25) is 0 Å². The smallest absolute Gasteiger partial charge is 0.270 e. The number of nitrogens with zero attached hydrogens (tertiary/aromatic N) is 4. The highest BCUT2D eigenvalue weighted by molar-refractivity contribution is 6.03. The van der Waals surface area contributed by atoms with E-state index >= 15 is 0 Å². The average Bonchev–Trinajstić information content (AvgIpc) is 2.77. The summed E-state index contributed by atoms with van der Waals surface area (Å²) in [4.78, 5) is 13.0. The van der Waals surface area contributed by atoms with Crippen LogP contribution < -0.4 is 5.32 Å². The Morgan fingerprint density at radius 3 is 3.00 bits per heavy atom. The molecule has 6 heteroatoms. The molecule has 2 aromatic rings. The van der Waals surface area contributed by atoms with Gasteiger partial charge in [-0.3, -0.25) is 10.1 Å². The molecule has 0 unspecified atom stereocenters. The first kappa shape index (κ1) is 11.0. The molecule has 6 nitrogen and oxygen atoms in total. The quantitative estimate of drug-likeness (QED) is 0.861. The van der Waals surface area contributed by atoms with Crippen LogP contribution in [0.25, 0.3) is 6.20 Å². The zero-order chi connectivity index (χ0) is 12.3. The molecule has 0 saturated carbocycles. The summed E-state index contributed by atoms with van der Waals surface area (Å²) < 4.78 is 0. The van der Waals surface area contributed by atoms with E-state index in [1.54, 1.807) is 12.1 Å².